The summed E-state index contributed by atoms with van der Waals surface area (Å²) in [5, 5.41) is 8.78. The average Bonchev–Trinajstić information content (AvgIpc) is 2.36. The Balaban J connectivity index is 3.05. The lowest BCUT2D eigenvalue weighted by molar-refractivity contribution is -0.137. The molecule has 0 heterocycles. The van der Waals surface area contributed by atoms with E-state index >= 15 is 0 Å². The SMILES string of the molecule is COc1ccc(C(=O)N(CCC(=O)O)C(C)(C)C)cc1F. The first-order valence-corrected chi connectivity index (χ1v) is 6.54. The summed E-state index contributed by atoms with van der Waals surface area (Å²) in [6.07, 6.45) is -0.165. The van der Waals surface area contributed by atoms with Crippen molar-refractivity contribution in [3.05, 3.63) is 29.6 Å². The summed E-state index contributed by atoms with van der Waals surface area (Å²) in [5.74, 6) is -1.97. The van der Waals surface area contributed by atoms with Gasteiger partial charge in [-0.3, -0.25) is 9.59 Å². The third-order valence-corrected chi connectivity index (χ3v) is 3.00. The minimum Gasteiger partial charge on any atom is -0.494 e. The van der Waals surface area contributed by atoms with Crippen LogP contribution in [0.3, 0.4) is 0 Å². The smallest absolute Gasteiger partial charge is 0.305 e. The Labute approximate surface area is 123 Å². The minimum atomic E-state index is -0.988. The van der Waals surface area contributed by atoms with Crippen molar-refractivity contribution in [2.24, 2.45) is 0 Å². The topological polar surface area (TPSA) is 66.8 Å². The van der Waals surface area contributed by atoms with Crippen LogP contribution >= 0.6 is 0 Å². The Bertz CT molecular complexity index is 537. The molecule has 0 saturated carbocycles. The lowest BCUT2D eigenvalue weighted by atomic mass is 10.0. The second-order valence-electron chi connectivity index (χ2n) is 5.62. The predicted molar refractivity (Wildman–Crippen MR) is 76.0 cm³/mol. The van der Waals surface area contributed by atoms with E-state index in [4.69, 9.17) is 9.84 Å². The second-order valence-corrected chi connectivity index (χ2v) is 5.62. The van der Waals surface area contributed by atoms with E-state index in [1.54, 1.807) is 20.8 Å². The van der Waals surface area contributed by atoms with Crippen LogP contribution in [0.4, 0.5) is 4.39 Å². The van der Waals surface area contributed by atoms with Crippen molar-refractivity contribution < 1.29 is 23.8 Å². The zero-order valence-electron chi connectivity index (χ0n) is 12.6. The van der Waals surface area contributed by atoms with Gasteiger partial charge >= 0.3 is 5.97 Å². The molecule has 5 nitrogen and oxygen atoms in total. The van der Waals surface area contributed by atoms with Gasteiger partial charge in [0, 0.05) is 17.6 Å². The van der Waals surface area contributed by atoms with Crippen LogP contribution in [-0.4, -0.2) is 41.1 Å². The number of carboxylic acid groups (broad SMARTS) is 1. The van der Waals surface area contributed by atoms with Crippen LogP contribution in [0.5, 0.6) is 5.75 Å². The molecule has 0 saturated heterocycles. The number of carboxylic acids is 1. The number of carbonyl (C=O) groups excluding carboxylic acids is 1. The van der Waals surface area contributed by atoms with Crippen molar-refractivity contribution in [1.29, 1.82) is 0 Å². The average molecular weight is 297 g/mol. The first-order chi connectivity index (χ1) is 9.66. The van der Waals surface area contributed by atoms with Gasteiger partial charge in [0.15, 0.2) is 11.6 Å². The number of hydrogen-bond acceptors (Lipinski definition) is 3. The van der Waals surface area contributed by atoms with Gasteiger partial charge in [-0.2, -0.15) is 0 Å². The van der Waals surface area contributed by atoms with Gasteiger partial charge in [0.2, 0.25) is 0 Å². The molecule has 1 N–H and O–H groups in total. The molecule has 0 unspecified atom stereocenters. The van der Waals surface area contributed by atoms with E-state index in [1.807, 2.05) is 0 Å². The second kappa shape index (κ2) is 6.56. The first-order valence-electron chi connectivity index (χ1n) is 6.54. The molecule has 0 bridgehead atoms. The van der Waals surface area contributed by atoms with Crippen LogP contribution in [0.25, 0.3) is 0 Å². The quantitative estimate of drug-likeness (QED) is 0.907. The number of methoxy groups -OCH3 is 1. The standard InChI is InChI=1S/C15H20FNO4/c1-15(2,3)17(8-7-13(18)19)14(20)10-5-6-12(21-4)11(16)9-10/h5-6,9H,7-8H2,1-4H3,(H,18,19). The lowest BCUT2D eigenvalue weighted by Crippen LogP contribution is -2.46. The monoisotopic (exact) mass is 297 g/mol. The van der Waals surface area contributed by atoms with E-state index in [0.29, 0.717) is 0 Å². The molecule has 1 rings (SSSR count). The van der Waals surface area contributed by atoms with Crippen molar-refractivity contribution in [1.82, 2.24) is 4.90 Å². The number of carbonyl (C=O) groups is 2. The Morgan fingerprint density at radius 2 is 1.95 bits per heavy atom. The molecule has 0 fully saturated rings. The van der Waals surface area contributed by atoms with E-state index in [2.05, 4.69) is 0 Å². The highest BCUT2D eigenvalue weighted by molar-refractivity contribution is 5.95. The molecule has 0 radical (unpaired) electrons. The number of amides is 1. The van der Waals surface area contributed by atoms with Crippen molar-refractivity contribution in [2.45, 2.75) is 32.7 Å². The maximum absolute atomic E-state index is 13.7. The summed E-state index contributed by atoms with van der Waals surface area (Å²) in [5.41, 5.74) is -0.406. The first kappa shape index (κ1) is 16.9. The number of rotatable bonds is 5. The molecular weight excluding hydrogens is 277 g/mol. The zero-order chi connectivity index (χ0) is 16.2. The fourth-order valence-corrected chi connectivity index (χ4v) is 1.90. The van der Waals surface area contributed by atoms with Crippen LogP contribution in [-0.2, 0) is 4.79 Å². The summed E-state index contributed by atoms with van der Waals surface area (Å²) >= 11 is 0. The molecule has 116 valence electrons. The Morgan fingerprint density at radius 1 is 1.33 bits per heavy atom. The van der Waals surface area contributed by atoms with Crippen molar-refractivity contribution >= 4 is 11.9 Å². The number of ether oxygens (including phenoxy) is 1. The fraction of sp³-hybridized carbons (Fsp3) is 0.467. The molecule has 0 aliphatic carbocycles. The predicted octanol–water partition coefficient (Wildman–Crippen LogP) is 2.55. The highest BCUT2D eigenvalue weighted by atomic mass is 19.1. The van der Waals surface area contributed by atoms with Crippen molar-refractivity contribution in [3.8, 4) is 5.75 Å². The molecule has 6 heteroatoms. The highest BCUT2D eigenvalue weighted by Gasteiger charge is 2.28. The normalized spacial score (nSPS) is 11.1. The van der Waals surface area contributed by atoms with E-state index in [9.17, 15) is 14.0 Å². The number of nitrogens with zero attached hydrogens (tertiary/aromatic N) is 1. The van der Waals surface area contributed by atoms with Crippen LogP contribution in [0, 0.1) is 5.82 Å². The Morgan fingerprint density at radius 3 is 2.38 bits per heavy atom. The van der Waals surface area contributed by atoms with E-state index in [0.717, 1.165) is 6.07 Å². The van der Waals surface area contributed by atoms with Gasteiger partial charge in [0.05, 0.1) is 13.5 Å². The number of halogens is 1. The molecule has 0 aromatic heterocycles. The molecule has 0 atom stereocenters. The zero-order valence-corrected chi connectivity index (χ0v) is 12.6. The molecule has 1 amide bonds. The number of aliphatic carboxylic acids is 1. The summed E-state index contributed by atoms with van der Waals surface area (Å²) in [4.78, 5) is 24.6. The van der Waals surface area contributed by atoms with Gasteiger partial charge in [0.25, 0.3) is 5.91 Å². The minimum absolute atomic E-state index is 0.0550. The van der Waals surface area contributed by atoms with E-state index in [1.165, 1.54) is 24.1 Å². The summed E-state index contributed by atoms with van der Waals surface area (Å²) in [6, 6.07) is 3.94. The highest BCUT2D eigenvalue weighted by Crippen LogP contribution is 2.22. The molecule has 0 spiro atoms. The number of benzene rings is 1. The van der Waals surface area contributed by atoms with Crippen LogP contribution < -0.4 is 4.74 Å². The van der Waals surface area contributed by atoms with Gasteiger partial charge in [-0.1, -0.05) is 0 Å². The van der Waals surface area contributed by atoms with Gasteiger partial charge in [0.1, 0.15) is 0 Å². The summed E-state index contributed by atoms with van der Waals surface area (Å²) in [6.45, 7) is 5.46. The van der Waals surface area contributed by atoms with Gasteiger partial charge in [-0.25, -0.2) is 4.39 Å². The van der Waals surface area contributed by atoms with E-state index in [-0.39, 0.29) is 24.3 Å². The maximum atomic E-state index is 13.7. The molecule has 1 aromatic rings. The Kier molecular flexibility index (Phi) is 5.29. The third-order valence-electron chi connectivity index (χ3n) is 3.00. The lowest BCUT2D eigenvalue weighted by Gasteiger charge is -2.35. The molecule has 0 aliphatic rings. The van der Waals surface area contributed by atoms with E-state index < -0.39 is 23.2 Å². The van der Waals surface area contributed by atoms with Crippen molar-refractivity contribution in [2.75, 3.05) is 13.7 Å². The van der Waals surface area contributed by atoms with Crippen LogP contribution in [0.2, 0.25) is 0 Å². The molecular formula is C15H20FNO4. The third kappa shape index (κ3) is 4.44. The van der Waals surface area contributed by atoms with Crippen molar-refractivity contribution in [3.63, 3.8) is 0 Å². The van der Waals surface area contributed by atoms with Gasteiger partial charge < -0.3 is 14.7 Å². The largest absolute Gasteiger partial charge is 0.494 e. The molecule has 0 aliphatic heterocycles. The van der Waals surface area contributed by atoms with Crippen LogP contribution in [0.15, 0.2) is 18.2 Å². The molecule has 1 aromatic carbocycles. The summed E-state index contributed by atoms with van der Waals surface area (Å²) in [7, 11) is 1.34. The number of hydrogen-bond donors (Lipinski definition) is 1. The summed E-state index contributed by atoms with van der Waals surface area (Å²) < 4.78 is 18.5. The Hall–Kier alpha value is -2.11. The fourth-order valence-electron chi connectivity index (χ4n) is 1.90. The van der Waals surface area contributed by atoms with Gasteiger partial charge in [-0.05, 0) is 39.0 Å². The van der Waals surface area contributed by atoms with Crippen LogP contribution in [0.1, 0.15) is 37.6 Å². The van der Waals surface area contributed by atoms with Gasteiger partial charge in [-0.15, -0.1) is 0 Å². The molecule has 21 heavy (non-hydrogen) atoms. The maximum Gasteiger partial charge on any atom is 0.305 e.